The van der Waals surface area contributed by atoms with E-state index in [2.05, 4.69) is 4.72 Å². The van der Waals surface area contributed by atoms with Crippen LogP contribution in [0.2, 0.25) is 5.02 Å². The van der Waals surface area contributed by atoms with Crippen LogP contribution in [0.5, 0.6) is 0 Å². The van der Waals surface area contributed by atoms with Crippen LogP contribution in [0.3, 0.4) is 0 Å². The lowest BCUT2D eigenvalue weighted by atomic mass is 10.3. The molecule has 3 N–H and O–H groups in total. The molecular weight excluding hydrogens is 328 g/mol. The van der Waals surface area contributed by atoms with Crippen molar-refractivity contribution in [3.63, 3.8) is 0 Å². The van der Waals surface area contributed by atoms with Crippen molar-refractivity contribution < 1.29 is 8.42 Å². The van der Waals surface area contributed by atoms with Crippen molar-refractivity contribution in [1.82, 2.24) is 0 Å². The molecule has 112 valence electrons. The second-order valence-electron chi connectivity index (χ2n) is 4.22. The maximum absolute atomic E-state index is 12.5. The molecule has 0 aliphatic heterocycles. The van der Waals surface area contributed by atoms with E-state index in [1.165, 1.54) is 12.1 Å². The molecule has 0 amide bonds. The molecule has 4 nitrogen and oxygen atoms in total. The number of anilines is 2. The molecule has 0 aliphatic carbocycles. The van der Waals surface area contributed by atoms with E-state index in [1.54, 1.807) is 30.0 Å². The minimum Gasteiger partial charge on any atom is -0.399 e. The summed E-state index contributed by atoms with van der Waals surface area (Å²) in [7, 11) is -3.78. The molecule has 0 unspecified atom stereocenters. The Morgan fingerprint density at radius 3 is 2.67 bits per heavy atom. The third kappa shape index (κ3) is 3.84. The van der Waals surface area contributed by atoms with E-state index in [0.717, 1.165) is 10.6 Å². The van der Waals surface area contributed by atoms with Crippen LogP contribution >= 0.6 is 23.4 Å². The van der Waals surface area contributed by atoms with E-state index in [-0.39, 0.29) is 9.92 Å². The van der Waals surface area contributed by atoms with Crippen LogP contribution < -0.4 is 10.5 Å². The first-order valence-corrected chi connectivity index (χ1v) is 9.08. The number of hydrogen-bond donors (Lipinski definition) is 2. The number of nitrogen functional groups attached to an aromatic ring is 1. The molecule has 0 aliphatic rings. The van der Waals surface area contributed by atoms with E-state index in [1.807, 2.05) is 19.1 Å². The molecule has 0 heterocycles. The Labute approximate surface area is 133 Å². The van der Waals surface area contributed by atoms with Gasteiger partial charge in [0, 0.05) is 10.6 Å². The fraction of sp³-hybridized carbons (Fsp3) is 0.143. The zero-order valence-electron chi connectivity index (χ0n) is 11.3. The van der Waals surface area contributed by atoms with Gasteiger partial charge in [0.2, 0.25) is 0 Å². The molecule has 7 heteroatoms. The summed E-state index contributed by atoms with van der Waals surface area (Å²) in [6.45, 7) is 2.00. The Morgan fingerprint density at radius 2 is 1.95 bits per heavy atom. The Morgan fingerprint density at radius 1 is 1.24 bits per heavy atom. The molecule has 21 heavy (non-hydrogen) atoms. The molecule has 0 aromatic heterocycles. The van der Waals surface area contributed by atoms with Crippen LogP contribution in [0.4, 0.5) is 11.4 Å². The molecule has 0 atom stereocenters. The maximum atomic E-state index is 12.5. The first-order chi connectivity index (χ1) is 9.94. The van der Waals surface area contributed by atoms with E-state index >= 15 is 0 Å². The normalized spacial score (nSPS) is 11.3. The smallest absolute Gasteiger partial charge is 0.263 e. The number of nitrogens with two attached hydrogens (primary N) is 1. The quantitative estimate of drug-likeness (QED) is 0.639. The van der Waals surface area contributed by atoms with Crippen molar-refractivity contribution in [2.45, 2.75) is 16.7 Å². The van der Waals surface area contributed by atoms with Gasteiger partial charge in [-0.3, -0.25) is 4.72 Å². The third-order valence-electron chi connectivity index (χ3n) is 2.68. The van der Waals surface area contributed by atoms with Crippen LogP contribution in [0.15, 0.2) is 52.3 Å². The largest absolute Gasteiger partial charge is 0.399 e. The fourth-order valence-electron chi connectivity index (χ4n) is 1.76. The summed E-state index contributed by atoms with van der Waals surface area (Å²) >= 11 is 7.53. The van der Waals surface area contributed by atoms with Gasteiger partial charge in [0.15, 0.2) is 0 Å². The van der Waals surface area contributed by atoms with Crippen LogP contribution in [0.25, 0.3) is 0 Å². The van der Waals surface area contributed by atoms with Gasteiger partial charge < -0.3 is 5.73 Å². The summed E-state index contributed by atoms with van der Waals surface area (Å²) in [5, 5.41) is 0.136. The topological polar surface area (TPSA) is 72.2 Å². The molecule has 0 radical (unpaired) electrons. The monoisotopic (exact) mass is 342 g/mol. The lowest BCUT2D eigenvalue weighted by Gasteiger charge is -2.13. The SMILES string of the molecule is CCSc1ccccc1NS(=O)(=O)c1cc(N)ccc1Cl. The summed E-state index contributed by atoms with van der Waals surface area (Å²) in [4.78, 5) is 0.837. The van der Waals surface area contributed by atoms with Crippen LogP contribution in [0.1, 0.15) is 6.92 Å². The van der Waals surface area contributed by atoms with Crippen molar-refractivity contribution in [2.24, 2.45) is 0 Å². The van der Waals surface area contributed by atoms with Crippen molar-refractivity contribution in [3.05, 3.63) is 47.5 Å². The van der Waals surface area contributed by atoms with Gasteiger partial charge in [-0.1, -0.05) is 30.7 Å². The predicted octanol–water partition coefficient (Wildman–Crippen LogP) is 3.84. The minimum absolute atomic E-state index is 0.0273. The number of halogens is 1. The number of rotatable bonds is 5. The fourth-order valence-corrected chi connectivity index (χ4v) is 4.20. The number of nitrogens with one attached hydrogen (secondary N) is 1. The van der Waals surface area contributed by atoms with Gasteiger partial charge >= 0.3 is 0 Å². The highest BCUT2D eigenvalue weighted by molar-refractivity contribution is 7.99. The molecule has 2 aromatic rings. The average Bonchev–Trinajstić information content (AvgIpc) is 2.43. The zero-order chi connectivity index (χ0) is 15.5. The molecule has 2 rings (SSSR count). The second kappa shape index (κ2) is 6.60. The van der Waals surface area contributed by atoms with Crippen molar-refractivity contribution in [1.29, 1.82) is 0 Å². The molecule has 0 bridgehead atoms. The number of hydrogen-bond acceptors (Lipinski definition) is 4. The number of para-hydroxylation sites is 1. The standard InChI is InChI=1S/C14H15ClN2O2S2/c1-2-20-13-6-4-3-5-12(13)17-21(18,19)14-9-10(16)7-8-11(14)15/h3-9,17H,2,16H2,1H3. The first kappa shape index (κ1) is 16.0. The Balaban J connectivity index is 2.40. The Bertz CT molecular complexity index is 748. The van der Waals surface area contributed by atoms with E-state index < -0.39 is 10.0 Å². The molecule has 0 saturated carbocycles. The zero-order valence-corrected chi connectivity index (χ0v) is 13.7. The summed E-state index contributed by atoms with van der Waals surface area (Å²) in [5.41, 5.74) is 6.51. The van der Waals surface area contributed by atoms with Gasteiger partial charge in [0.1, 0.15) is 4.90 Å². The Hall–Kier alpha value is -1.37. The lowest BCUT2D eigenvalue weighted by Crippen LogP contribution is -2.14. The Kier molecular flexibility index (Phi) is 5.03. The summed E-state index contributed by atoms with van der Waals surface area (Å²) in [5.74, 6) is 0.845. The van der Waals surface area contributed by atoms with Gasteiger partial charge in [0.25, 0.3) is 10.0 Å². The van der Waals surface area contributed by atoms with Gasteiger partial charge in [-0.05, 0) is 36.1 Å². The van der Waals surface area contributed by atoms with Crippen molar-refractivity contribution in [2.75, 3.05) is 16.2 Å². The van der Waals surface area contributed by atoms with Gasteiger partial charge in [-0.15, -0.1) is 11.8 Å². The second-order valence-corrected chi connectivity index (χ2v) is 7.59. The van der Waals surface area contributed by atoms with Gasteiger partial charge in [-0.25, -0.2) is 8.42 Å². The van der Waals surface area contributed by atoms with Gasteiger partial charge in [-0.2, -0.15) is 0 Å². The minimum atomic E-state index is -3.78. The lowest BCUT2D eigenvalue weighted by molar-refractivity contribution is 0.601. The molecule has 2 aromatic carbocycles. The van der Waals surface area contributed by atoms with E-state index in [4.69, 9.17) is 17.3 Å². The van der Waals surface area contributed by atoms with E-state index in [9.17, 15) is 8.42 Å². The first-order valence-electron chi connectivity index (χ1n) is 6.23. The highest BCUT2D eigenvalue weighted by atomic mass is 35.5. The highest BCUT2D eigenvalue weighted by Gasteiger charge is 2.19. The molecule has 0 spiro atoms. The predicted molar refractivity (Wildman–Crippen MR) is 89.5 cm³/mol. The summed E-state index contributed by atoms with van der Waals surface area (Å²) < 4.78 is 27.5. The van der Waals surface area contributed by atoms with Gasteiger partial charge in [0.05, 0.1) is 10.7 Å². The number of benzene rings is 2. The summed E-state index contributed by atoms with van der Waals surface area (Å²) in [6, 6.07) is 11.6. The average molecular weight is 343 g/mol. The van der Waals surface area contributed by atoms with Crippen molar-refractivity contribution >= 4 is 44.8 Å². The highest BCUT2D eigenvalue weighted by Crippen LogP contribution is 2.30. The molecule has 0 saturated heterocycles. The third-order valence-corrected chi connectivity index (χ3v) is 5.48. The maximum Gasteiger partial charge on any atom is 0.263 e. The van der Waals surface area contributed by atoms with Crippen LogP contribution in [-0.4, -0.2) is 14.2 Å². The molecular formula is C14H15ClN2O2S2. The van der Waals surface area contributed by atoms with Crippen LogP contribution in [-0.2, 0) is 10.0 Å². The molecule has 0 fully saturated rings. The number of sulfonamides is 1. The van der Waals surface area contributed by atoms with Crippen molar-refractivity contribution in [3.8, 4) is 0 Å². The summed E-state index contributed by atoms with van der Waals surface area (Å²) in [6.07, 6.45) is 0. The van der Waals surface area contributed by atoms with Crippen LogP contribution in [0, 0.1) is 0 Å². The number of thioether (sulfide) groups is 1. The van der Waals surface area contributed by atoms with E-state index in [0.29, 0.717) is 11.4 Å².